The van der Waals surface area contributed by atoms with Crippen LogP contribution in [0.4, 0.5) is 0 Å². The number of aliphatic hydroxyl groups is 1. The van der Waals surface area contributed by atoms with Crippen LogP contribution in [0, 0.1) is 6.92 Å². The highest BCUT2D eigenvalue weighted by atomic mass is 32.1. The minimum atomic E-state index is -0.241. The van der Waals surface area contributed by atoms with E-state index in [2.05, 4.69) is 29.3 Å². The molecule has 0 fully saturated rings. The summed E-state index contributed by atoms with van der Waals surface area (Å²) in [5, 5.41) is 12.3. The molecule has 4 nitrogen and oxygen atoms in total. The Balaban J connectivity index is 2.81. The van der Waals surface area contributed by atoms with Gasteiger partial charge in [0.2, 0.25) is 5.91 Å². The molecule has 0 aliphatic carbocycles. The molecule has 21 heavy (non-hydrogen) atoms. The number of thiophene rings is 1. The van der Waals surface area contributed by atoms with Gasteiger partial charge in [-0.05, 0) is 46.2 Å². The second kappa shape index (κ2) is 7.92. The first-order valence-electron chi connectivity index (χ1n) is 7.49. The van der Waals surface area contributed by atoms with Gasteiger partial charge in [-0.3, -0.25) is 9.69 Å². The van der Waals surface area contributed by atoms with Gasteiger partial charge in [-0.15, -0.1) is 11.3 Å². The van der Waals surface area contributed by atoms with Crippen LogP contribution < -0.4 is 5.32 Å². The van der Waals surface area contributed by atoms with Crippen LogP contribution in [-0.2, 0) is 11.3 Å². The van der Waals surface area contributed by atoms with Crippen molar-refractivity contribution >= 4 is 17.2 Å². The van der Waals surface area contributed by atoms with E-state index >= 15 is 0 Å². The molecule has 5 heteroatoms. The maximum Gasteiger partial charge on any atom is 0.237 e. The third-order valence-electron chi connectivity index (χ3n) is 3.17. The summed E-state index contributed by atoms with van der Waals surface area (Å²) in [6.07, 6.45) is 0.728. The van der Waals surface area contributed by atoms with Crippen molar-refractivity contribution in [2.45, 2.75) is 59.2 Å². The van der Waals surface area contributed by atoms with Crippen LogP contribution in [0.25, 0.3) is 0 Å². The zero-order valence-corrected chi connectivity index (χ0v) is 14.6. The van der Waals surface area contributed by atoms with Crippen LogP contribution in [0.1, 0.15) is 43.9 Å². The molecule has 0 aliphatic rings. The van der Waals surface area contributed by atoms with Crippen molar-refractivity contribution in [1.82, 2.24) is 10.2 Å². The number of carbonyl (C=O) groups is 1. The van der Waals surface area contributed by atoms with Gasteiger partial charge in [0.25, 0.3) is 0 Å². The number of rotatable bonds is 7. The molecule has 1 aromatic rings. The molecule has 0 unspecified atom stereocenters. The lowest BCUT2D eigenvalue weighted by Gasteiger charge is -2.32. The lowest BCUT2D eigenvalue weighted by Crippen LogP contribution is -2.52. The summed E-state index contributed by atoms with van der Waals surface area (Å²) in [5.74, 6) is 0.0340. The first-order chi connectivity index (χ1) is 9.76. The summed E-state index contributed by atoms with van der Waals surface area (Å²) >= 11 is 1.74. The van der Waals surface area contributed by atoms with E-state index in [1.165, 1.54) is 9.75 Å². The van der Waals surface area contributed by atoms with Crippen LogP contribution >= 0.6 is 11.3 Å². The Hall–Kier alpha value is -0.910. The van der Waals surface area contributed by atoms with Crippen molar-refractivity contribution < 1.29 is 9.90 Å². The summed E-state index contributed by atoms with van der Waals surface area (Å²) in [6.45, 7) is 11.3. The van der Waals surface area contributed by atoms with Gasteiger partial charge in [0.05, 0.1) is 12.6 Å². The van der Waals surface area contributed by atoms with Gasteiger partial charge >= 0.3 is 0 Å². The fourth-order valence-electron chi connectivity index (χ4n) is 2.31. The number of aryl methyl sites for hydroxylation is 1. The highest BCUT2D eigenvalue weighted by Crippen LogP contribution is 2.19. The third-order valence-corrected chi connectivity index (χ3v) is 4.16. The number of hydrogen-bond acceptors (Lipinski definition) is 4. The van der Waals surface area contributed by atoms with Gasteiger partial charge < -0.3 is 10.4 Å². The minimum absolute atomic E-state index is 0.0340. The predicted octanol–water partition coefficient (Wildman–Crippen LogP) is 2.54. The molecule has 0 radical (unpaired) electrons. The molecule has 1 amide bonds. The zero-order chi connectivity index (χ0) is 16.0. The topological polar surface area (TPSA) is 52.6 Å². The average molecular weight is 312 g/mol. The van der Waals surface area contributed by atoms with E-state index in [1.54, 1.807) is 11.3 Å². The highest BCUT2D eigenvalue weighted by Gasteiger charge is 2.27. The molecular weight excluding hydrogens is 284 g/mol. The Morgan fingerprint density at radius 3 is 2.52 bits per heavy atom. The number of nitrogens with zero attached hydrogens (tertiary/aromatic N) is 1. The van der Waals surface area contributed by atoms with Crippen molar-refractivity contribution in [3.63, 3.8) is 0 Å². The van der Waals surface area contributed by atoms with Crippen LogP contribution in [0.3, 0.4) is 0 Å². The van der Waals surface area contributed by atoms with E-state index in [4.69, 9.17) is 0 Å². The molecule has 1 atom stereocenters. The monoisotopic (exact) mass is 312 g/mol. The van der Waals surface area contributed by atoms with Crippen molar-refractivity contribution in [2.24, 2.45) is 0 Å². The summed E-state index contributed by atoms with van der Waals surface area (Å²) in [6, 6.07) is 3.98. The summed E-state index contributed by atoms with van der Waals surface area (Å²) in [5.41, 5.74) is -0.241. The van der Waals surface area contributed by atoms with E-state index in [0.717, 1.165) is 6.42 Å². The molecule has 0 spiro atoms. The second-order valence-corrected chi connectivity index (χ2v) is 7.74. The zero-order valence-electron chi connectivity index (χ0n) is 13.8. The normalized spacial score (nSPS) is 13.5. The Bertz CT molecular complexity index is 451. The van der Waals surface area contributed by atoms with Crippen molar-refractivity contribution in [2.75, 3.05) is 13.2 Å². The van der Waals surface area contributed by atoms with Gasteiger partial charge in [0.1, 0.15) is 0 Å². The quantitative estimate of drug-likeness (QED) is 0.813. The number of nitrogens with one attached hydrogen (secondary N) is 1. The second-order valence-electron chi connectivity index (χ2n) is 6.37. The summed E-state index contributed by atoms with van der Waals surface area (Å²) in [4.78, 5) is 17.0. The fourth-order valence-corrected chi connectivity index (χ4v) is 3.22. The lowest BCUT2D eigenvalue weighted by molar-refractivity contribution is -0.128. The molecule has 120 valence electrons. The molecule has 1 rings (SSSR count). The van der Waals surface area contributed by atoms with Gasteiger partial charge in [-0.25, -0.2) is 0 Å². The summed E-state index contributed by atoms with van der Waals surface area (Å²) < 4.78 is 0. The lowest BCUT2D eigenvalue weighted by atomic mass is 10.1. The van der Waals surface area contributed by atoms with Gasteiger partial charge in [0, 0.05) is 28.4 Å². The largest absolute Gasteiger partial charge is 0.395 e. The van der Waals surface area contributed by atoms with Crippen LogP contribution in [0.5, 0.6) is 0 Å². The highest BCUT2D eigenvalue weighted by molar-refractivity contribution is 7.11. The molecule has 0 aliphatic heterocycles. The first-order valence-corrected chi connectivity index (χ1v) is 8.30. The number of carbonyl (C=O) groups excluding carboxylic acids is 1. The van der Waals surface area contributed by atoms with Gasteiger partial charge in [-0.2, -0.15) is 0 Å². The molecule has 0 saturated carbocycles. The van der Waals surface area contributed by atoms with Gasteiger partial charge in [0.15, 0.2) is 0 Å². The Morgan fingerprint density at radius 2 is 2.10 bits per heavy atom. The Morgan fingerprint density at radius 1 is 1.43 bits per heavy atom. The first kappa shape index (κ1) is 18.1. The average Bonchev–Trinajstić information content (AvgIpc) is 2.73. The summed E-state index contributed by atoms with van der Waals surface area (Å²) in [7, 11) is 0. The van der Waals surface area contributed by atoms with Crippen molar-refractivity contribution in [1.29, 1.82) is 0 Å². The molecule has 2 N–H and O–H groups in total. The fraction of sp³-hybridized carbons (Fsp3) is 0.688. The van der Waals surface area contributed by atoms with E-state index in [-0.39, 0.29) is 24.1 Å². The maximum absolute atomic E-state index is 12.5. The van der Waals surface area contributed by atoms with E-state index in [1.807, 2.05) is 27.7 Å². The number of amides is 1. The van der Waals surface area contributed by atoms with Crippen molar-refractivity contribution in [3.8, 4) is 0 Å². The molecule has 1 heterocycles. The molecule has 0 bridgehead atoms. The molecule has 0 aromatic carbocycles. The molecule has 1 aromatic heterocycles. The Kier molecular flexibility index (Phi) is 6.84. The van der Waals surface area contributed by atoms with Crippen LogP contribution in [0.15, 0.2) is 12.1 Å². The third kappa shape index (κ3) is 6.16. The predicted molar refractivity (Wildman–Crippen MR) is 88.5 cm³/mol. The standard InChI is InChI=1S/C16H28N2O2S/c1-6-14(15(20)17-16(3,4)5)18(9-10-19)11-13-8-7-12(2)21-13/h7-8,14,19H,6,9-11H2,1-5H3,(H,17,20)/t14-/m1/s1. The number of hydrogen-bond donors (Lipinski definition) is 2. The molecular formula is C16H28N2O2S. The van der Waals surface area contributed by atoms with E-state index in [9.17, 15) is 9.90 Å². The molecule has 0 saturated heterocycles. The van der Waals surface area contributed by atoms with Crippen LogP contribution in [0.2, 0.25) is 0 Å². The Labute approximate surface area is 132 Å². The van der Waals surface area contributed by atoms with Crippen molar-refractivity contribution in [3.05, 3.63) is 21.9 Å². The minimum Gasteiger partial charge on any atom is -0.395 e. The van der Waals surface area contributed by atoms with Crippen LogP contribution in [-0.4, -0.2) is 40.6 Å². The maximum atomic E-state index is 12.5. The van der Waals surface area contributed by atoms with Gasteiger partial charge in [-0.1, -0.05) is 6.92 Å². The SMILES string of the molecule is CC[C@H](C(=O)NC(C)(C)C)N(CCO)Cc1ccc(C)s1. The van der Waals surface area contributed by atoms with E-state index in [0.29, 0.717) is 13.1 Å². The smallest absolute Gasteiger partial charge is 0.237 e. The van der Waals surface area contributed by atoms with E-state index < -0.39 is 0 Å². The number of aliphatic hydroxyl groups excluding tert-OH is 1.